The van der Waals surface area contributed by atoms with Crippen molar-refractivity contribution in [2.24, 2.45) is 11.1 Å². The van der Waals surface area contributed by atoms with Crippen LogP contribution in [0.5, 0.6) is 0 Å². The van der Waals surface area contributed by atoms with Crippen molar-refractivity contribution in [1.82, 2.24) is 0 Å². The minimum atomic E-state index is 0.120. The molecule has 1 nitrogen and oxygen atoms in total. The average Bonchev–Trinajstić information content (AvgIpc) is 2.58. The van der Waals surface area contributed by atoms with Gasteiger partial charge in [0.1, 0.15) is 0 Å². The first-order valence-electron chi connectivity index (χ1n) is 5.22. The van der Waals surface area contributed by atoms with Crippen molar-refractivity contribution in [3.05, 3.63) is 35.2 Å². The summed E-state index contributed by atoms with van der Waals surface area (Å²) >= 11 is 1.81. The van der Waals surface area contributed by atoms with Gasteiger partial charge in [-0.2, -0.15) is 0 Å². The molecule has 0 aliphatic carbocycles. The van der Waals surface area contributed by atoms with Gasteiger partial charge in [-0.1, -0.05) is 39.0 Å². The van der Waals surface area contributed by atoms with Crippen LogP contribution in [0.4, 0.5) is 0 Å². The van der Waals surface area contributed by atoms with E-state index < -0.39 is 0 Å². The van der Waals surface area contributed by atoms with E-state index in [1.807, 2.05) is 11.3 Å². The van der Waals surface area contributed by atoms with E-state index in [1.54, 1.807) is 0 Å². The first-order valence-corrected chi connectivity index (χ1v) is 6.04. The number of nitrogens with two attached hydrogens (primary N) is 1. The third kappa shape index (κ3) is 2.06. The second kappa shape index (κ2) is 3.62. The van der Waals surface area contributed by atoms with E-state index in [9.17, 15) is 0 Å². The molecule has 0 spiro atoms. The molecule has 2 aromatic rings. The molecular weight excluding hydrogens is 202 g/mol. The monoisotopic (exact) mass is 219 g/mol. The second-order valence-corrected chi connectivity index (χ2v) is 6.15. The molecule has 0 amide bonds. The molecule has 2 N–H and O–H groups in total. The van der Waals surface area contributed by atoms with Crippen molar-refractivity contribution in [2.45, 2.75) is 26.8 Å². The summed E-state index contributed by atoms with van der Waals surface area (Å²) in [5, 5.41) is 1.30. The molecular formula is C13H17NS. The Kier molecular flexibility index (Phi) is 2.57. The lowest BCUT2D eigenvalue weighted by atomic mass is 9.86. The van der Waals surface area contributed by atoms with E-state index in [-0.39, 0.29) is 11.5 Å². The molecule has 1 aromatic carbocycles. The van der Waals surface area contributed by atoms with Gasteiger partial charge in [0.25, 0.3) is 0 Å². The maximum atomic E-state index is 6.25. The van der Waals surface area contributed by atoms with Gasteiger partial charge >= 0.3 is 0 Å². The molecule has 0 radical (unpaired) electrons. The van der Waals surface area contributed by atoms with Gasteiger partial charge in [0.05, 0.1) is 0 Å². The molecule has 80 valence electrons. The molecule has 0 saturated heterocycles. The van der Waals surface area contributed by atoms with Gasteiger partial charge in [0, 0.05) is 15.6 Å². The maximum absolute atomic E-state index is 6.25. The number of hydrogen-bond acceptors (Lipinski definition) is 2. The van der Waals surface area contributed by atoms with Gasteiger partial charge < -0.3 is 5.73 Å². The van der Waals surface area contributed by atoms with E-state index >= 15 is 0 Å². The number of rotatable bonds is 1. The fourth-order valence-corrected chi connectivity index (χ4v) is 2.89. The van der Waals surface area contributed by atoms with Gasteiger partial charge in [0.2, 0.25) is 0 Å². The zero-order valence-electron chi connectivity index (χ0n) is 9.45. The normalized spacial score (nSPS) is 14.4. The van der Waals surface area contributed by atoms with Crippen LogP contribution in [0.25, 0.3) is 10.1 Å². The topological polar surface area (TPSA) is 26.0 Å². The second-order valence-electron chi connectivity index (χ2n) is 5.03. The summed E-state index contributed by atoms with van der Waals surface area (Å²) in [6.07, 6.45) is 0. The van der Waals surface area contributed by atoms with Crippen molar-refractivity contribution in [3.8, 4) is 0 Å². The van der Waals surface area contributed by atoms with E-state index in [4.69, 9.17) is 5.73 Å². The zero-order valence-corrected chi connectivity index (χ0v) is 10.3. The van der Waals surface area contributed by atoms with Crippen LogP contribution in [0.1, 0.15) is 31.7 Å². The number of fused-ring (bicyclic) bond motifs is 1. The van der Waals surface area contributed by atoms with Crippen LogP contribution in [0.3, 0.4) is 0 Å². The van der Waals surface area contributed by atoms with Gasteiger partial charge in [-0.3, -0.25) is 0 Å². The van der Waals surface area contributed by atoms with Crippen molar-refractivity contribution in [3.63, 3.8) is 0 Å². The van der Waals surface area contributed by atoms with E-state index in [0.717, 1.165) is 0 Å². The van der Waals surface area contributed by atoms with Crippen LogP contribution in [0.15, 0.2) is 30.3 Å². The number of thiophene rings is 1. The van der Waals surface area contributed by atoms with E-state index in [0.29, 0.717) is 0 Å². The lowest BCUT2D eigenvalue weighted by Gasteiger charge is -2.25. The number of benzene rings is 1. The van der Waals surface area contributed by atoms with Gasteiger partial charge in [-0.15, -0.1) is 11.3 Å². The van der Waals surface area contributed by atoms with E-state index in [1.165, 1.54) is 15.0 Å². The lowest BCUT2D eigenvalue weighted by Crippen LogP contribution is -2.25. The van der Waals surface area contributed by atoms with Crippen LogP contribution in [0, 0.1) is 5.41 Å². The smallest absolute Gasteiger partial charge is 0.0439 e. The summed E-state index contributed by atoms with van der Waals surface area (Å²) in [5.74, 6) is 0. The van der Waals surface area contributed by atoms with Gasteiger partial charge in [-0.05, 0) is 22.9 Å². The molecule has 0 aliphatic heterocycles. The average molecular weight is 219 g/mol. The molecule has 2 heteroatoms. The minimum Gasteiger partial charge on any atom is -0.323 e. The number of hydrogen-bond donors (Lipinski definition) is 1. The maximum Gasteiger partial charge on any atom is 0.0439 e. The Labute approximate surface area is 94.9 Å². The Morgan fingerprint density at radius 1 is 1.20 bits per heavy atom. The molecule has 0 saturated carbocycles. The molecule has 2 rings (SSSR count). The summed E-state index contributed by atoms with van der Waals surface area (Å²) in [6, 6.07) is 10.8. The molecule has 1 aromatic heterocycles. The van der Waals surface area contributed by atoms with Gasteiger partial charge in [0.15, 0.2) is 0 Å². The van der Waals surface area contributed by atoms with Crippen molar-refractivity contribution in [1.29, 1.82) is 0 Å². The summed E-state index contributed by atoms with van der Waals surface area (Å²) < 4.78 is 1.33. The predicted octanol–water partition coefficient (Wildman–Crippen LogP) is 3.95. The highest BCUT2D eigenvalue weighted by Crippen LogP contribution is 2.36. The summed E-state index contributed by atoms with van der Waals surface area (Å²) in [4.78, 5) is 1.28. The molecule has 1 heterocycles. The van der Waals surface area contributed by atoms with Crippen LogP contribution in [-0.2, 0) is 0 Å². The van der Waals surface area contributed by atoms with Crippen molar-refractivity contribution in [2.75, 3.05) is 0 Å². The lowest BCUT2D eigenvalue weighted by molar-refractivity contribution is 0.331. The summed E-state index contributed by atoms with van der Waals surface area (Å²) in [6.45, 7) is 6.55. The van der Waals surface area contributed by atoms with Crippen molar-refractivity contribution < 1.29 is 0 Å². The van der Waals surface area contributed by atoms with E-state index in [2.05, 4.69) is 51.1 Å². The highest BCUT2D eigenvalue weighted by atomic mass is 32.1. The Hall–Kier alpha value is -0.860. The van der Waals surface area contributed by atoms with Crippen LogP contribution < -0.4 is 5.73 Å². The first-order chi connectivity index (χ1) is 6.98. The summed E-state index contributed by atoms with van der Waals surface area (Å²) in [5.41, 5.74) is 6.37. The zero-order chi connectivity index (χ0) is 11.1. The highest BCUT2D eigenvalue weighted by molar-refractivity contribution is 7.19. The standard InChI is InChI=1S/C13H17NS/c1-13(2,3)12(14)11-8-9-6-4-5-7-10(9)15-11/h4-8,12H,14H2,1-3H3. The highest BCUT2D eigenvalue weighted by Gasteiger charge is 2.23. The van der Waals surface area contributed by atoms with Crippen LogP contribution >= 0.6 is 11.3 Å². The largest absolute Gasteiger partial charge is 0.323 e. The quantitative estimate of drug-likeness (QED) is 0.772. The minimum absolute atomic E-state index is 0.120. The predicted molar refractivity (Wildman–Crippen MR) is 68.2 cm³/mol. The first kappa shape index (κ1) is 10.7. The third-order valence-corrected chi connectivity index (χ3v) is 3.88. The fourth-order valence-electron chi connectivity index (χ4n) is 1.58. The Bertz CT molecular complexity index is 432. The molecule has 1 atom stereocenters. The Morgan fingerprint density at radius 3 is 2.47 bits per heavy atom. The molecule has 0 aliphatic rings. The summed E-state index contributed by atoms with van der Waals surface area (Å²) in [7, 11) is 0. The Morgan fingerprint density at radius 2 is 1.87 bits per heavy atom. The molecule has 15 heavy (non-hydrogen) atoms. The Balaban J connectivity index is 2.45. The SMILES string of the molecule is CC(C)(C)C(N)c1cc2ccccc2s1. The molecule has 0 fully saturated rings. The van der Waals surface area contributed by atoms with Crippen LogP contribution in [-0.4, -0.2) is 0 Å². The third-order valence-electron chi connectivity index (χ3n) is 2.68. The molecule has 1 unspecified atom stereocenters. The van der Waals surface area contributed by atoms with Crippen molar-refractivity contribution >= 4 is 21.4 Å². The van der Waals surface area contributed by atoms with Crippen LogP contribution in [0.2, 0.25) is 0 Å². The molecule has 0 bridgehead atoms. The fraction of sp³-hybridized carbons (Fsp3) is 0.385. The van der Waals surface area contributed by atoms with Gasteiger partial charge in [-0.25, -0.2) is 0 Å².